The Morgan fingerprint density at radius 2 is 2.56 bits per heavy atom. The average molecular weight is 119 g/mol. The Balaban J connectivity index is 2.63. The third-order valence-electron chi connectivity index (χ3n) is 1.47. The van der Waals surface area contributed by atoms with Crippen molar-refractivity contribution in [1.29, 1.82) is 0 Å². The SMILES string of the molecule is C1=Nc2c[nH+]ccc2C1. The molecule has 0 radical (unpaired) electrons. The average Bonchev–Trinajstić information content (AvgIpc) is 2.33. The number of nitrogens with zero attached hydrogens (tertiary/aromatic N) is 1. The maximum absolute atomic E-state index is 4.14. The molecule has 0 aliphatic carbocycles. The predicted molar refractivity (Wildman–Crippen MR) is 34.9 cm³/mol. The predicted octanol–water partition coefficient (Wildman–Crippen LogP) is 0.759. The van der Waals surface area contributed by atoms with Crippen LogP contribution in [0.3, 0.4) is 0 Å². The third-order valence-corrected chi connectivity index (χ3v) is 1.47. The molecular formula is C7H7N2+. The van der Waals surface area contributed by atoms with Crippen LogP contribution in [0.1, 0.15) is 5.56 Å². The van der Waals surface area contributed by atoms with Crippen LogP contribution in [0, 0.1) is 0 Å². The van der Waals surface area contributed by atoms with Crippen molar-refractivity contribution in [3.63, 3.8) is 0 Å². The van der Waals surface area contributed by atoms with Gasteiger partial charge in [0.2, 0.25) is 0 Å². The lowest BCUT2D eigenvalue weighted by molar-refractivity contribution is -0.377. The number of nitrogens with one attached hydrogen (secondary N) is 1. The highest BCUT2D eigenvalue weighted by molar-refractivity contribution is 5.74. The van der Waals surface area contributed by atoms with Crippen molar-refractivity contribution in [1.82, 2.24) is 0 Å². The molecule has 2 rings (SSSR count). The Bertz CT molecular complexity index is 253. The fraction of sp³-hybridized carbons (Fsp3) is 0.143. The highest BCUT2D eigenvalue weighted by Gasteiger charge is 2.06. The first-order valence-corrected chi connectivity index (χ1v) is 2.98. The van der Waals surface area contributed by atoms with Gasteiger partial charge in [0.25, 0.3) is 0 Å². The van der Waals surface area contributed by atoms with Crippen molar-refractivity contribution in [3.8, 4) is 0 Å². The van der Waals surface area contributed by atoms with Gasteiger partial charge in [0.1, 0.15) is 5.69 Å². The van der Waals surface area contributed by atoms with Crippen LogP contribution < -0.4 is 4.98 Å². The second-order valence-corrected chi connectivity index (χ2v) is 2.07. The number of aromatic nitrogens is 1. The maximum Gasteiger partial charge on any atom is 0.193 e. The number of fused-ring (bicyclic) bond motifs is 1. The molecule has 9 heavy (non-hydrogen) atoms. The van der Waals surface area contributed by atoms with E-state index in [-0.39, 0.29) is 0 Å². The van der Waals surface area contributed by atoms with Gasteiger partial charge in [-0.05, 0) is 5.56 Å². The van der Waals surface area contributed by atoms with Gasteiger partial charge >= 0.3 is 0 Å². The molecule has 0 unspecified atom stereocenters. The molecule has 0 saturated carbocycles. The first-order valence-electron chi connectivity index (χ1n) is 2.98. The largest absolute Gasteiger partial charge is 0.254 e. The number of aromatic amines is 1. The molecule has 1 aromatic rings. The minimum atomic E-state index is 0.990. The Kier molecular flexibility index (Phi) is 0.859. The normalized spacial score (nSPS) is 13.8. The molecule has 1 aromatic heterocycles. The zero-order valence-electron chi connectivity index (χ0n) is 4.96. The summed E-state index contributed by atoms with van der Waals surface area (Å²) in [6, 6.07) is 2.06. The number of H-pyrrole nitrogens is 1. The van der Waals surface area contributed by atoms with Crippen LogP contribution in [-0.2, 0) is 6.42 Å². The molecule has 0 amide bonds. The summed E-state index contributed by atoms with van der Waals surface area (Å²) in [5, 5.41) is 0. The van der Waals surface area contributed by atoms with Crippen molar-refractivity contribution < 1.29 is 4.98 Å². The highest BCUT2D eigenvalue weighted by atomic mass is 14.8. The van der Waals surface area contributed by atoms with Gasteiger partial charge in [0.15, 0.2) is 12.4 Å². The standard InChI is InChI=1S/C7H6N2/c1-3-8-5-7-6(1)2-4-9-7/h1,3-5H,2H2/p+1. The zero-order valence-corrected chi connectivity index (χ0v) is 4.96. The van der Waals surface area contributed by atoms with E-state index in [0.29, 0.717) is 0 Å². The van der Waals surface area contributed by atoms with Crippen LogP contribution in [0.2, 0.25) is 0 Å². The molecular weight excluding hydrogens is 112 g/mol. The van der Waals surface area contributed by atoms with Crippen LogP contribution in [0.4, 0.5) is 5.69 Å². The van der Waals surface area contributed by atoms with Gasteiger partial charge in [-0.3, -0.25) is 4.99 Å². The summed E-state index contributed by atoms with van der Waals surface area (Å²) in [7, 11) is 0. The topological polar surface area (TPSA) is 26.5 Å². The Hall–Kier alpha value is -1.18. The zero-order chi connectivity index (χ0) is 6.10. The number of pyridine rings is 1. The van der Waals surface area contributed by atoms with E-state index >= 15 is 0 Å². The molecule has 44 valence electrons. The third kappa shape index (κ3) is 0.633. The molecule has 0 aromatic carbocycles. The van der Waals surface area contributed by atoms with E-state index in [2.05, 4.69) is 16.0 Å². The van der Waals surface area contributed by atoms with Crippen LogP contribution in [0.25, 0.3) is 0 Å². The Morgan fingerprint density at radius 3 is 3.44 bits per heavy atom. The first kappa shape index (κ1) is 4.68. The molecule has 1 N–H and O–H groups in total. The molecule has 0 fully saturated rings. The van der Waals surface area contributed by atoms with Gasteiger partial charge in [-0.25, -0.2) is 4.98 Å². The molecule has 0 bridgehead atoms. The van der Waals surface area contributed by atoms with E-state index in [1.165, 1.54) is 5.56 Å². The summed E-state index contributed by atoms with van der Waals surface area (Å²) < 4.78 is 0. The molecule has 0 atom stereocenters. The van der Waals surface area contributed by atoms with E-state index in [0.717, 1.165) is 12.1 Å². The lowest BCUT2D eigenvalue weighted by Crippen LogP contribution is -1.97. The van der Waals surface area contributed by atoms with Crippen LogP contribution in [-0.4, -0.2) is 6.21 Å². The number of hydrogen-bond donors (Lipinski definition) is 0. The van der Waals surface area contributed by atoms with Crippen molar-refractivity contribution in [2.45, 2.75) is 6.42 Å². The van der Waals surface area contributed by atoms with E-state index in [1.807, 2.05) is 18.6 Å². The maximum atomic E-state index is 4.14. The summed E-state index contributed by atoms with van der Waals surface area (Å²) >= 11 is 0. The monoisotopic (exact) mass is 119 g/mol. The molecule has 2 nitrogen and oxygen atoms in total. The van der Waals surface area contributed by atoms with Gasteiger partial charge in [-0.15, -0.1) is 0 Å². The van der Waals surface area contributed by atoms with Crippen molar-refractivity contribution in [2.24, 2.45) is 4.99 Å². The van der Waals surface area contributed by atoms with E-state index in [9.17, 15) is 0 Å². The van der Waals surface area contributed by atoms with E-state index in [1.54, 1.807) is 0 Å². The fourth-order valence-electron chi connectivity index (χ4n) is 0.989. The highest BCUT2D eigenvalue weighted by Crippen LogP contribution is 2.19. The van der Waals surface area contributed by atoms with Gasteiger partial charge in [-0.1, -0.05) is 0 Å². The van der Waals surface area contributed by atoms with Crippen molar-refractivity contribution in [3.05, 3.63) is 24.0 Å². The molecule has 2 heterocycles. The molecule has 1 aliphatic heterocycles. The fourth-order valence-corrected chi connectivity index (χ4v) is 0.989. The summed E-state index contributed by atoms with van der Waals surface area (Å²) in [5.41, 5.74) is 2.39. The Morgan fingerprint density at radius 1 is 1.56 bits per heavy atom. The minimum Gasteiger partial charge on any atom is -0.254 e. The van der Waals surface area contributed by atoms with E-state index < -0.39 is 0 Å². The van der Waals surface area contributed by atoms with Crippen molar-refractivity contribution >= 4 is 11.9 Å². The minimum absolute atomic E-state index is 0.990. The van der Waals surface area contributed by atoms with Crippen LogP contribution >= 0.6 is 0 Å². The Labute approximate surface area is 53.3 Å². The van der Waals surface area contributed by atoms with Crippen LogP contribution in [0.5, 0.6) is 0 Å². The lowest BCUT2D eigenvalue weighted by Gasteiger charge is -1.86. The first-order chi connectivity index (χ1) is 4.47. The smallest absolute Gasteiger partial charge is 0.193 e. The van der Waals surface area contributed by atoms with Crippen LogP contribution in [0.15, 0.2) is 23.5 Å². The summed E-state index contributed by atoms with van der Waals surface area (Å²) in [6.07, 6.45) is 6.76. The lowest BCUT2D eigenvalue weighted by atomic mass is 10.2. The number of rotatable bonds is 0. The number of hydrogen-bond acceptors (Lipinski definition) is 1. The summed E-state index contributed by atoms with van der Waals surface area (Å²) in [5.74, 6) is 0. The van der Waals surface area contributed by atoms with E-state index in [4.69, 9.17) is 0 Å². The summed E-state index contributed by atoms with van der Waals surface area (Å²) in [4.78, 5) is 7.12. The van der Waals surface area contributed by atoms with Gasteiger partial charge in [0.05, 0.1) is 0 Å². The van der Waals surface area contributed by atoms with Crippen molar-refractivity contribution in [2.75, 3.05) is 0 Å². The molecule has 2 heteroatoms. The number of aliphatic imine (C=N–C) groups is 1. The quantitative estimate of drug-likeness (QED) is 0.482. The molecule has 0 spiro atoms. The second-order valence-electron chi connectivity index (χ2n) is 2.07. The summed E-state index contributed by atoms with van der Waals surface area (Å²) in [6.45, 7) is 0. The van der Waals surface area contributed by atoms with Gasteiger partial charge in [-0.2, -0.15) is 0 Å². The second kappa shape index (κ2) is 1.65. The van der Waals surface area contributed by atoms with Gasteiger partial charge < -0.3 is 0 Å². The van der Waals surface area contributed by atoms with Gasteiger partial charge in [0, 0.05) is 18.7 Å². The molecule has 1 aliphatic rings. The molecule has 0 saturated heterocycles.